The lowest BCUT2D eigenvalue weighted by molar-refractivity contribution is -0.162. The number of ether oxygens (including phenoxy) is 1. The largest absolute Gasteiger partial charge is 0.446 e. The van der Waals surface area contributed by atoms with Crippen LogP contribution < -0.4 is 5.63 Å². The summed E-state index contributed by atoms with van der Waals surface area (Å²) in [6, 6.07) is 3.42. The van der Waals surface area contributed by atoms with E-state index in [-0.39, 0.29) is 29.2 Å². The molecular formula is C30H45NO5. The summed E-state index contributed by atoms with van der Waals surface area (Å²) in [4.78, 5) is 26.2. The molecule has 1 aromatic heterocycles. The van der Waals surface area contributed by atoms with Crippen molar-refractivity contribution in [1.29, 1.82) is 0 Å². The van der Waals surface area contributed by atoms with Gasteiger partial charge in [-0.25, -0.2) is 9.59 Å². The number of nitrogens with zero attached hydrogens (tertiary/aromatic N) is 1. The molecule has 4 aliphatic rings. The van der Waals surface area contributed by atoms with Gasteiger partial charge in [0.1, 0.15) is 6.10 Å². The molecule has 3 aliphatic carbocycles. The van der Waals surface area contributed by atoms with Crippen molar-refractivity contribution in [3.63, 3.8) is 0 Å². The third kappa shape index (κ3) is 4.75. The van der Waals surface area contributed by atoms with Crippen molar-refractivity contribution in [1.82, 2.24) is 4.90 Å². The minimum atomic E-state index is -0.690. The smallest absolute Gasteiger partial charge is 0.410 e. The lowest BCUT2D eigenvalue weighted by atomic mass is 9.52. The van der Waals surface area contributed by atoms with E-state index in [2.05, 4.69) is 13.8 Å². The Labute approximate surface area is 215 Å². The Morgan fingerprint density at radius 3 is 2.53 bits per heavy atom. The molecule has 2 heterocycles. The third-order valence-electron chi connectivity index (χ3n) is 10.7. The summed E-state index contributed by atoms with van der Waals surface area (Å²) in [7, 11) is 0. The van der Waals surface area contributed by atoms with Gasteiger partial charge < -0.3 is 19.2 Å². The number of hydrogen-bond acceptors (Lipinski definition) is 5. The van der Waals surface area contributed by atoms with Crippen molar-refractivity contribution < 1.29 is 19.1 Å². The molecule has 0 spiro atoms. The van der Waals surface area contributed by atoms with Gasteiger partial charge in [-0.15, -0.1) is 0 Å². The van der Waals surface area contributed by atoms with Crippen LogP contribution in [0.3, 0.4) is 0 Å². The van der Waals surface area contributed by atoms with E-state index in [4.69, 9.17) is 9.15 Å². The monoisotopic (exact) mass is 499 g/mol. The minimum absolute atomic E-state index is 0.0129. The summed E-state index contributed by atoms with van der Waals surface area (Å²) in [6.45, 7) is 6.30. The van der Waals surface area contributed by atoms with Crippen LogP contribution in [0.4, 0.5) is 4.79 Å². The van der Waals surface area contributed by atoms with Crippen LogP contribution >= 0.6 is 0 Å². The molecule has 1 amide bonds. The SMILES string of the molecule is CC1CCC(OC(=O)N2CCCCC2)CCCCC2C1CCC1(C)C(c3ccc(=O)oc3)CCC21O. The van der Waals surface area contributed by atoms with E-state index in [0.29, 0.717) is 17.8 Å². The quantitative estimate of drug-likeness (QED) is 0.519. The third-order valence-corrected chi connectivity index (χ3v) is 10.7. The molecule has 1 aromatic rings. The van der Waals surface area contributed by atoms with Gasteiger partial charge in [0.25, 0.3) is 0 Å². The Kier molecular flexibility index (Phi) is 7.54. The summed E-state index contributed by atoms with van der Waals surface area (Å²) in [6.07, 6.45) is 14.8. The second kappa shape index (κ2) is 10.5. The van der Waals surface area contributed by atoms with Crippen LogP contribution in [0.15, 0.2) is 27.6 Å². The molecule has 1 N–H and O–H groups in total. The number of carbonyl (C=O) groups is 1. The molecular weight excluding hydrogens is 454 g/mol. The van der Waals surface area contributed by atoms with Crippen molar-refractivity contribution in [3.05, 3.63) is 34.4 Å². The Morgan fingerprint density at radius 1 is 1.00 bits per heavy atom. The van der Waals surface area contributed by atoms with Crippen LogP contribution in [0.2, 0.25) is 0 Å². The molecule has 3 saturated carbocycles. The lowest BCUT2D eigenvalue weighted by Gasteiger charge is -2.56. The van der Waals surface area contributed by atoms with E-state index in [1.165, 1.54) is 12.5 Å². The average Bonchev–Trinajstić information content (AvgIpc) is 3.16. The molecule has 0 aromatic carbocycles. The van der Waals surface area contributed by atoms with E-state index in [9.17, 15) is 14.7 Å². The second-order valence-electron chi connectivity index (χ2n) is 12.5. The number of likely N-dealkylation sites (tertiary alicyclic amines) is 1. The van der Waals surface area contributed by atoms with Gasteiger partial charge in [0.05, 0.1) is 11.9 Å². The molecule has 7 unspecified atom stereocenters. The maximum absolute atomic E-state index is 12.7. The van der Waals surface area contributed by atoms with Crippen LogP contribution in [-0.4, -0.2) is 40.9 Å². The van der Waals surface area contributed by atoms with Gasteiger partial charge in [-0.1, -0.05) is 20.3 Å². The fourth-order valence-electron chi connectivity index (χ4n) is 8.48. The first-order valence-corrected chi connectivity index (χ1v) is 14.6. The zero-order valence-corrected chi connectivity index (χ0v) is 22.3. The molecule has 200 valence electrons. The van der Waals surface area contributed by atoms with Crippen molar-refractivity contribution in [2.75, 3.05) is 13.1 Å². The van der Waals surface area contributed by atoms with Gasteiger partial charge in [-0.3, -0.25) is 0 Å². The first-order chi connectivity index (χ1) is 17.3. The van der Waals surface area contributed by atoms with E-state index >= 15 is 0 Å². The van der Waals surface area contributed by atoms with Gasteiger partial charge in [0.2, 0.25) is 0 Å². The van der Waals surface area contributed by atoms with Crippen molar-refractivity contribution >= 4 is 6.09 Å². The predicted octanol–water partition coefficient (Wildman–Crippen LogP) is 6.26. The first kappa shape index (κ1) is 25.8. The molecule has 0 bridgehead atoms. The van der Waals surface area contributed by atoms with Gasteiger partial charge in [-0.2, -0.15) is 0 Å². The summed E-state index contributed by atoms with van der Waals surface area (Å²) >= 11 is 0. The van der Waals surface area contributed by atoms with Crippen molar-refractivity contribution in [2.45, 2.75) is 115 Å². The lowest BCUT2D eigenvalue weighted by Crippen LogP contribution is -2.57. The highest BCUT2D eigenvalue weighted by Gasteiger charge is 2.63. The summed E-state index contributed by atoms with van der Waals surface area (Å²) in [5.41, 5.74) is -0.158. The second-order valence-corrected chi connectivity index (χ2v) is 12.5. The molecule has 0 radical (unpaired) electrons. The molecule has 7 atom stereocenters. The highest BCUT2D eigenvalue weighted by molar-refractivity contribution is 5.67. The Morgan fingerprint density at radius 2 is 1.78 bits per heavy atom. The van der Waals surface area contributed by atoms with E-state index in [1.807, 2.05) is 11.0 Å². The summed E-state index contributed by atoms with van der Waals surface area (Å²) in [5.74, 6) is 1.50. The van der Waals surface area contributed by atoms with Crippen molar-refractivity contribution in [3.8, 4) is 0 Å². The number of hydrogen-bond donors (Lipinski definition) is 1. The summed E-state index contributed by atoms with van der Waals surface area (Å²) in [5, 5.41) is 12.4. The number of piperidine rings is 1. The number of amides is 1. The fourth-order valence-corrected chi connectivity index (χ4v) is 8.48. The van der Waals surface area contributed by atoms with Crippen LogP contribution in [0.25, 0.3) is 0 Å². The Bertz CT molecular complexity index is 950. The zero-order valence-electron chi connectivity index (χ0n) is 22.3. The topological polar surface area (TPSA) is 80.0 Å². The highest BCUT2D eigenvalue weighted by Crippen LogP contribution is 2.66. The van der Waals surface area contributed by atoms with Gasteiger partial charge in [0, 0.05) is 24.6 Å². The number of fused-ring (bicyclic) bond motifs is 3. The number of aliphatic hydroxyl groups is 1. The normalized spacial score (nSPS) is 39.6. The van der Waals surface area contributed by atoms with Gasteiger partial charge >= 0.3 is 11.7 Å². The Balaban J connectivity index is 1.28. The maximum atomic E-state index is 12.7. The van der Waals surface area contributed by atoms with Crippen LogP contribution in [0.5, 0.6) is 0 Å². The molecule has 6 heteroatoms. The zero-order chi connectivity index (χ0) is 25.3. The van der Waals surface area contributed by atoms with Crippen LogP contribution in [0, 0.1) is 23.2 Å². The van der Waals surface area contributed by atoms with E-state index in [0.717, 1.165) is 95.7 Å². The fraction of sp³-hybridized carbons (Fsp3) is 0.800. The van der Waals surface area contributed by atoms with Crippen LogP contribution in [-0.2, 0) is 4.74 Å². The average molecular weight is 500 g/mol. The predicted molar refractivity (Wildman–Crippen MR) is 139 cm³/mol. The standard InChI is InChI=1S/C30H45NO5/c1-21-10-12-23(36-28(33)31-18-6-3-7-19-31)8-4-5-9-26-24(21)14-16-29(2)25(15-17-30(26,29)34)22-11-13-27(32)35-20-22/h11,13,20-21,23-26,34H,3-10,12,14-19H2,1-2H3. The molecule has 4 fully saturated rings. The van der Waals surface area contributed by atoms with Gasteiger partial charge in [0.15, 0.2) is 0 Å². The highest BCUT2D eigenvalue weighted by atomic mass is 16.6. The Hall–Kier alpha value is -1.82. The first-order valence-electron chi connectivity index (χ1n) is 14.6. The van der Waals surface area contributed by atoms with Crippen LogP contribution in [0.1, 0.15) is 109 Å². The van der Waals surface area contributed by atoms with E-state index < -0.39 is 5.60 Å². The van der Waals surface area contributed by atoms with Crippen molar-refractivity contribution in [2.24, 2.45) is 23.2 Å². The number of rotatable bonds is 2. The van der Waals surface area contributed by atoms with E-state index in [1.54, 1.807) is 6.26 Å². The van der Waals surface area contributed by atoms with Gasteiger partial charge in [-0.05, 0) is 112 Å². The molecule has 36 heavy (non-hydrogen) atoms. The minimum Gasteiger partial charge on any atom is -0.446 e. The maximum Gasteiger partial charge on any atom is 0.410 e. The molecule has 6 nitrogen and oxygen atoms in total. The molecule has 1 aliphatic heterocycles. The molecule has 5 rings (SSSR count). The number of carbonyl (C=O) groups excluding carboxylic acids is 1. The summed E-state index contributed by atoms with van der Waals surface area (Å²) < 4.78 is 11.2. The molecule has 1 saturated heterocycles.